The first kappa shape index (κ1) is 44.2. The molecule has 2 aliphatic heterocycles. The fourth-order valence-corrected chi connectivity index (χ4v) is 15.0. The number of aromatic hydroxyl groups is 1. The first-order chi connectivity index (χ1) is 30.9. The van der Waals surface area contributed by atoms with E-state index in [2.05, 4.69) is 47.0 Å². The van der Waals surface area contributed by atoms with Crippen LogP contribution in [0, 0.1) is 5.41 Å². The number of carbonyl (C=O) groups excluding carboxylic acids is 4. The molecule has 2 fully saturated rings. The van der Waals surface area contributed by atoms with Gasteiger partial charge in [-0.1, -0.05) is 127 Å². The molecule has 3 amide bonds. The molecule has 6 aromatic rings. The molecule has 3 unspecified atom stereocenters. The molecule has 8 rings (SSSR count). The van der Waals surface area contributed by atoms with Crippen molar-refractivity contribution in [3.8, 4) is 5.75 Å². The Labute approximate surface area is 378 Å². The van der Waals surface area contributed by atoms with Crippen LogP contribution in [-0.4, -0.2) is 69.4 Å². The lowest BCUT2D eigenvalue weighted by atomic mass is 9.88. The fourth-order valence-electron chi connectivity index (χ4n) is 8.58. The normalized spacial score (nSPS) is 18.8. The third-order valence-electron chi connectivity index (χ3n) is 11.6. The van der Waals surface area contributed by atoms with Crippen molar-refractivity contribution in [1.82, 2.24) is 15.5 Å². The van der Waals surface area contributed by atoms with Crippen LogP contribution in [0.15, 0.2) is 176 Å². The van der Waals surface area contributed by atoms with E-state index >= 15 is 4.79 Å². The summed E-state index contributed by atoms with van der Waals surface area (Å²) in [5.41, 5.74) is -0.0345. The number of β-lactam (4-membered cyclic amide) rings is 1. The standard InChI is InChI=1S/C52H50N3O7PS/c1-51(2,3)62-50(60)54-43(36-29-31-39(56)32-30-36)46(57)53-44-47(58)55-33-52(35-64-48(44)55,49(59)61-45(37-19-9-4-10-20-37)38-21-11-5-12-22-38)34-63(40-23-13-6-14-24-40,41-25-15-7-16-26-41)42-27-17-8-18-28-42/h4-32,43-45,48H,33-35H2,1-3H3,(H2-,53,54,56,57,60)/p+1/t43?,44?,48-,52?/m1/s1. The van der Waals surface area contributed by atoms with Gasteiger partial charge in [0.15, 0.2) is 6.10 Å². The van der Waals surface area contributed by atoms with Crippen molar-refractivity contribution < 1.29 is 33.8 Å². The van der Waals surface area contributed by atoms with Crippen LogP contribution in [0.25, 0.3) is 0 Å². The number of hydrogen-bond donors (Lipinski definition) is 3. The zero-order chi connectivity index (χ0) is 44.9. The van der Waals surface area contributed by atoms with Gasteiger partial charge < -0.3 is 30.1 Å². The Hall–Kier alpha value is -6.42. The van der Waals surface area contributed by atoms with Crippen LogP contribution in [0.3, 0.4) is 0 Å². The predicted octanol–water partition coefficient (Wildman–Crippen LogP) is 7.67. The average molecular weight is 893 g/mol. The molecule has 0 aliphatic carbocycles. The second kappa shape index (κ2) is 18.7. The monoisotopic (exact) mass is 892 g/mol. The third-order valence-corrected chi connectivity index (χ3v) is 17.8. The molecule has 64 heavy (non-hydrogen) atoms. The highest BCUT2D eigenvalue weighted by molar-refractivity contribution is 8.00. The summed E-state index contributed by atoms with van der Waals surface area (Å²) >= 11 is 1.44. The van der Waals surface area contributed by atoms with Gasteiger partial charge in [-0.25, -0.2) is 4.79 Å². The summed E-state index contributed by atoms with van der Waals surface area (Å²) in [6.07, 6.45) is -1.18. The van der Waals surface area contributed by atoms with E-state index in [1.165, 1.54) is 36.0 Å². The van der Waals surface area contributed by atoms with E-state index < -0.39 is 59.8 Å². The number of hydrogen-bond acceptors (Lipinski definition) is 8. The van der Waals surface area contributed by atoms with Gasteiger partial charge in [0.25, 0.3) is 0 Å². The Morgan fingerprint density at radius 3 is 1.66 bits per heavy atom. The number of esters is 1. The first-order valence-corrected chi connectivity index (χ1v) is 24.3. The minimum absolute atomic E-state index is 0.0114. The molecular formula is C52H51N3O7PS+. The zero-order valence-corrected chi connectivity index (χ0v) is 37.6. The number of amides is 3. The molecule has 0 radical (unpaired) electrons. The van der Waals surface area contributed by atoms with E-state index in [4.69, 9.17) is 9.47 Å². The van der Waals surface area contributed by atoms with E-state index in [0.29, 0.717) is 11.7 Å². The summed E-state index contributed by atoms with van der Waals surface area (Å²) in [6, 6.07) is 54.1. The molecule has 2 heterocycles. The average Bonchev–Trinajstić information content (AvgIpc) is 3.32. The minimum Gasteiger partial charge on any atom is -0.508 e. The molecule has 0 bridgehead atoms. The number of fused-ring (bicyclic) bond motifs is 1. The second-order valence-corrected chi connectivity index (χ2v) is 21.8. The molecule has 2 aliphatic rings. The summed E-state index contributed by atoms with van der Waals surface area (Å²) in [6.45, 7) is 5.20. The number of phenolic OH excluding ortho intramolecular Hbond substituents is 1. The summed E-state index contributed by atoms with van der Waals surface area (Å²) in [7, 11) is -2.68. The van der Waals surface area contributed by atoms with Gasteiger partial charge in [-0.2, -0.15) is 0 Å². The molecule has 0 spiro atoms. The molecule has 3 N–H and O–H groups in total. The Morgan fingerprint density at radius 2 is 1.19 bits per heavy atom. The van der Waals surface area contributed by atoms with E-state index in [-0.39, 0.29) is 24.0 Å². The van der Waals surface area contributed by atoms with Gasteiger partial charge >= 0.3 is 12.1 Å². The Bertz CT molecular complexity index is 2430. The lowest BCUT2D eigenvalue weighted by Gasteiger charge is -2.54. The smallest absolute Gasteiger partial charge is 0.408 e. The number of thioether (sulfide) groups is 1. The number of rotatable bonds is 13. The van der Waals surface area contributed by atoms with Crippen molar-refractivity contribution >= 4 is 58.8 Å². The Kier molecular flexibility index (Phi) is 12.9. The van der Waals surface area contributed by atoms with Crippen LogP contribution in [-0.2, 0) is 23.9 Å². The maximum atomic E-state index is 15.7. The van der Waals surface area contributed by atoms with Crippen molar-refractivity contribution in [3.05, 3.63) is 193 Å². The summed E-state index contributed by atoms with van der Waals surface area (Å²) in [5.74, 6) is -1.12. The molecule has 0 saturated carbocycles. The van der Waals surface area contributed by atoms with Gasteiger partial charge in [-0.3, -0.25) is 14.4 Å². The Balaban J connectivity index is 1.17. The van der Waals surface area contributed by atoms with Crippen LogP contribution in [0.2, 0.25) is 0 Å². The number of nitrogens with one attached hydrogen (secondary N) is 2. The second-order valence-electron chi connectivity index (χ2n) is 17.2. The highest BCUT2D eigenvalue weighted by Gasteiger charge is 2.63. The van der Waals surface area contributed by atoms with E-state index in [1.807, 2.05) is 115 Å². The van der Waals surface area contributed by atoms with Crippen molar-refractivity contribution in [2.24, 2.45) is 5.41 Å². The quantitative estimate of drug-likeness (QED) is 0.0612. The topological polar surface area (TPSA) is 134 Å². The first-order valence-electron chi connectivity index (χ1n) is 21.2. The SMILES string of the molecule is CC(C)(C)OC(=O)NC(C(=O)NC1C(=O)N2CC(C[P+](c3ccccc3)(c3ccccc3)c3ccccc3)(C(=O)OC(c3ccccc3)c3ccccc3)CS[C@H]12)c1ccc(O)cc1. The van der Waals surface area contributed by atoms with Crippen molar-refractivity contribution in [1.29, 1.82) is 0 Å². The van der Waals surface area contributed by atoms with Crippen molar-refractivity contribution in [3.63, 3.8) is 0 Å². The molecule has 10 nitrogen and oxygen atoms in total. The number of carbonyl (C=O) groups is 4. The van der Waals surface area contributed by atoms with Crippen molar-refractivity contribution in [2.75, 3.05) is 18.5 Å². The zero-order valence-electron chi connectivity index (χ0n) is 35.9. The van der Waals surface area contributed by atoms with Gasteiger partial charge in [-0.05, 0) is 86.0 Å². The molecule has 0 aromatic heterocycles. The van der Waals surface area contributed by atoms with Gasteiger partial charge in [0.1, 0.15) is 57.4 Å². The van der Waals surface area contributed by atoms with Crippen molar-refractivity contribution in [2.45, 2.75) is 49.9 Å². The van der Waals surface area contributed by atoms with Crippen LogP contribution in [0.4, 0.5) is 4.79 Å². The lowest BCUT2D eigenvalue weighted by Crippen LogP contribution is -2.74. The number of alkyl carbamates (subject to hydrolysis) is 1. The minimum atomic E-state index is -2.68. The third kappa shape index (κ3) is 9.28. The fraction of sp³-hybridized carbons (Fsp3) is 0.231. The molecule has 12 heteroatoms. The highest BCUT2D eigenvalue weighted by Crippen LogP contribution is 2.61. The molecule has 6 aromatic carbocycles. The summed E-state index contributed by atoms with van der Waals surface area (Å²) in [5, 5.41) is 18.3. The predicted molar refractivity (Wildman–Crippen MR) is 253 cm³/mol. The van der Waals surface area contributed by atoms with E-state index in [9.17, 15) is 19.5 Å². The molecule has 2 saturated heterocycles. The van der Waals surface area contributed by atoms with Gasteiger partial charge in [-0.15, -0.1) is 11.8 Å². The van der Waals surface area contributed by atoms with Gasteiger partial charge in [0, 0.05) is 12.3 Å². The highest BCUT2D eigenvalue weighted by atomic mass is 32.2. The maximum Gasteiger partial charge on any atom is 0.408 e. The van der Waals surface area contributed by atoms with E-state index in [0.717, 1.165) is 27.0 Å². The number of phenols is 1. The van der Waals surface area contributed by atoms with E-state index in [1.54, 1.807) is 25.7 Å². The largest absolute Gasteiger partial charge is 0.508 e. The number of nitrogens with zero attached hydrogens (tertiary/aromatic N) is 1. The van der Waals surface area contributed by atoms with Gasteiger partial charge in [0.2, 0.25) is 11.8 Å². The van der Waals surface area contributed by atoms with Crippen LogP contribution < -0.4 is 26.5 Å². The van der Waals surface area contributed by atoms with Gasteiger partial charge in [0.05, 0.1) is 6.16 Å². The number of ether oxygens (including phenoxy) is 2. The maximum absolute atomic E-state index is 15.7. The van der Waals surface area contributed by atoms with Crippen LogP contribution in [0.5, 0.6) is 5.75 Å². The Morgan fingerprint density at radius 1 is 0.719 bits per heavy atom. The number of benzene rings is 6. The summed E-state index contributed by atoms with van der Waals surface area (Å²) in [4.78, 5) is 59.0. The molecule has 326 valence electrons. The molecular weight excluding hydrogens is 842 g/mol. The van der Waals surface area contributed by atoms with Crippen LogP contribution in [0.1, 0.15) is 49.6 Å². The lowest BCUT2D eigenvalue weighted by molar-refractivity contribution is -0.164. The molecule has 4 atom stereocenters. The van der Waals surface area contributed by atoms with Crippen LogP contribution >= 0.6 is 19.0 Å². The summed E-state index contributed by atoms with van der Waals surface area (Å²) < 4.78 is 12.3.